The number of hydrogen-bond donors (Lipinski definition) is 3. The number of nitrogen functional groups attached to an aromatic ring is 1. The van der Waals surface area contributed by atoms with E-state index in [1.54, 1.807) is 0 Å². The molecule has 2 atom stereocenters. The van der Waals surface area contributed by atoms with E-state index in [0.717, 1.165) is 51.4 Å². The van der Waals surface area contributed by atoms with Gasteiger partial charge in [-0.15, -0.1) is 0 Å². The lowest BCUT2D eigenvalue weighted by Crippen LogP contribution is -2.63. The van der Waals surface area contributed by atoms with E-state index >= 15 is 0 Å². The van der Waals surface area contributed by atoms with E-state index in [9.17, 15) is 0 Å². The Bertz CT molecular complexity index is 1120. The summed E-state index contributed by atoms with van der Waals surface area (Å²) in [4.78, 5) is 27.9. The maximum absolute atomic E-state index is 6.82. The van der Waals surface area contributed by atoms with Crippen LogP contribution in [-0.4, -0.2) is 71.5 Å². The van der Waals surface area contributed by atoms with Crippen LogP contribution in [0.25, 0.3) is 0 Å². The van der Waals surface area contributed by atoms with E-state index in [2.05, 4.69) is 100.0 Å². The normalized spacial score (nSPS) is 26.5. The average molecular weight is 713 g/mol. The lowest BCUT2D eigenvalue weighted by molar-refractivity contribution is -0.314. The molecule has 0 bridgehead atoms. The van der Waals surface area contributed by atoms with Gasteiger partial charge in [0.15, 0.2) is 0 Å². The van der Waals surface area contributed by atoms with Crippen LogP contribution < -0.4 is 16.4 Å². The van der Waals surface area contributed by atoms with Crippen molar-refractivity contribution in [3.63, 3.8) is 0 Å². The number of rotatable bonds is 14. The number of nitrogens with zero attached hydrogens (tertiary/aromatic N) is 5. The van der Waals surface area contributed by atoms with Gasteiger partial charge < -0.3 is 16.4 Å². The first-order valence-corrected chi connectivity index (χ1v) is 21.0. The van der Waals surface area contributed by atoms with Gasteiger partial charge >= 0.3 is 0 Å². The molecule has 4 N–H and O–H groups in total. The molecule has 10 nitrogen and oxygen atoms in total. The molecule has 3 heterocycles. The molecule has 4 fully saturated rings. The molecular weight excluding hydrogens is 637 g/mol. The summed E-state index contributed by atoms with van der Waals surface area (Å²) in [5, 5.41) is 12.3. The SMILES string of the molecule is CCCC(Nc1nc(N)nc(NC(CCC)C2CC(C)(C)N(OC3CCCCC3)C(C)(C)C2)n1)C1CC(C)(C)N(OC2CCCCC2)C(C)(C)C1. The number of hydrogen-bond acceptors (Lipinski definition) is 10. The van der Waals surface area contributed by atoms with Gasteiger partial charge in [0.2, 0.25) is 17.8 Å². The fourth-order valence-electron chi connectivity index (χ4n) is 10.8. The van der Waals surface area contributed by atoms with Crippen LogP contribution in [0, 0.1) is 11.8 Å². The fourth-order valence-corrected chi connectivity index (χ4v) is 10.8. The van der Waals surface area contributed by atoms with Gasteiger partial charge in [-0.2, -0.15) is 25.1 Å². The Balaban J connectivity index is 1.29. The first kappa shape index (κ1) is 40.4. The number of nitrogens with one attached hydrogen (secondary N) is 2. The molecule has 0 aromatic carbocycles. The topological polar surface area (TPSA) is 114 Å². The van der Waals surface area contributed by atoms with E-state index in [-0.39, 0.29) is 40.2 Å². The lowest BCUT2D eigenvalue weighted by atomic mass is 9.71. The Morgan fingerprint density at radius 1 is 0.588 bits per heavy atom. The van der Waals surface area contributed by atoms with Gasteiger partial charge in [0.25, 0.3) is 0 Å². The summed E-state index contributed by atoms with van der Waals surface area (Å²) in [6.45, 7) is 23.4. The predicted molar refractivity (Wildman–Crippen MR) is 210 cm³/mol. The standard InChI is InChI=1S/C41H76N8O2/c1-11-19-33(29-25-38(3,4)48(39(5,6)26-29)50-31-21-15-13-16-22-31)43-36-45-35(42)46-37(47-36)44-34(20-12-2)30-27-40(7,8)49(41(9,10)28-30)51-32-23-17-14-18-24-32/h29-34H,11-28H2,1-10H3,(H4,42,43,44,45,46,47). The highest BCUT2D eigenvalue weighted by Crippen LogP contribution is 2.46. The summed E-state index contributed by atoms with van der Waals surface area (Å²) in [6.07, 6.45) is 21.6. The van der Waals surface area contributed by atoms with Crippen molar-refractivity contribution in [1.29, 1.82) is 0 Å². The van der Waals surface area contributed by atoms with Crippen molar-refractivity contribution in [3.05, 3.63) is 0 Å². The number of aromatic nitrogens is 3. The van der Waals surface area contributed by atoms with Crippen LogP contribution in [0.4, 0.5) is 17.8 Å². The molecule has 2 unspecified atom stereocenters. The molecule has 292 valence electrons. The van der Waals surface area contributed by atoms with Crippen LogP contribution in [0.5, 0.6) is 0 Å². The number of piperidine rings is 2. The highest BCUT2D eigenvalue weighted by atomic mass is 16.7. The van der Waals surface area contributed by atoms with Crippen molar-refractivity contribution in [2.24, 2.45) is 11.8 Å². The number of anilines is 3. The molecule has 0 radical (unpaired) electrons. The largest absolute Gasteiger partial charge is 0.368 e. The van der Waals surface area contributed by atoms with Crippen LogP contribution in [0.2, 0.25) is 0 Å². The Hall–Kier alpha value is -1.75. The third kappa shape index (κ3) is 10.3. The van der Waals surface area contributed by atoms with Crippen molar-refractivity contribution in [1.82, 2.24) is 25.1 Å². The van der Waals surface area contributed by atoms with Crippen LogP contribution in [0.3, 0.4) is 0 Å². The fraction of sp³-hybridized carbons (Fsp3) is 0.927. The molecule has 4 aliphatic rings. The summed E-state index contributed by atoms with van der Waals surface area (Å²) < 4.78 is 0. The van der Waals surface area contributed by atoms with Crippen molar-refractivity contribution in [3.8, 4) is 0 Å². The first-order chi connectivity index (χ1) is 24.0. The second-order valence-electron chi connectivity index (χ2n) is 19.3. The molecule has 10 heteroatoms. The summed E-state index contributed by atoms with van der Waals surface area (Å²) in [7, 11) is 0. The van der Waals surface area contributed by atoms with Crippen LogP contribution in [0.15, 0.2) is 0 Å². The third-order valence-electron chi connectivity index (χ3n) is 12.5. The minimum Gasteiger partial charge on any atom is -0.368 e. The smallest absolute Gasteiger partial charge is 0.229 e. The zero-order valence-corrected chi connectivity index (χ0v) is 34.3. The Kier molecular flexibility index (Phi) is 13.3. The summed E-state index contributed by atoms with van der Waals surface area (Å²) >= 11 is 0. The minimum atomic E-state index is -0.0890. The van der Waals surface area contributed by atoms with Gasteiger partial charge in [0.1, 0.15) is 0 Å². The maximum Gasteiger partial charge on any atom is 0.229 e. The summed E-state index contributed by atoms with van der Waals surface area (Å²) in [6, 6.07) is 0.447. The maximum atomic E-state index is 6.82. The lowest BCUT2D eigenvalue weighted by Gasteiger charge is -2.56. The van der Waals surface area contributed by atoms with Gasteiger partial charge in [-0.1, -0.05) is 65.2 Å². The average Bonchev–Trinajstić information content (AvgIpc) is 3.04. The van der Waals surface area contributed by atoms with E-state index in [1.807, 2.05) is 0 Å². The highest BCUT2D eigenvalue weighted by molar-refractivity contribution is 5.41. The summed E-state index contributed by atoms with van der Waals surface area (Å²) in [5.41, 5.74) is 6.06. The Morgan fingerprint density at radius 3 is 1.24 bits per heavy atom. The van der Waals surface area contributed by atoms with Crippen molar-refractivity contribution in [2.45, 2.75) is 231 Å². The van der Waals surface area contributed by atoms with Gasteiger partial charge in [-0.05, 0) is 131 Å². The predicted octanol–water partition coefficient (Wildman–Crippen LogP) is 9.68. The van der Waals surface area contributed by atoms with Crippen LogP contribution >= 0.6 is 0 Å². The molecular formula is C41H76N8O2. The van der Waals surface area contributed by atoms with Gasteiger partial charge in [-0.3, -0.25) is 9.68 Å². The second-order valence-corrected chi connectivity index (χ2v) is 19.3. The van der Waals surface area contributed by atoms with Crippen LogP contribution in [-0.2, 0) is 9.68 Å². The molecule has 2 saturated carbocycles. The monoisotopic (exact) mass is 713 g/mol. The van der Waals surface area contributed by atoms with Gasteiger partial charge in [0, 0.05) is 34.2 Å². The highest BCUT2D eigenvalue weighted by Gasteiger charge is 2.50. The molecule has 0 spiro atoms. The van der Waals surface area contributed by atoms with Gasteiger partial charge in [0.05, 0.1) is 12.2 Å². The number of hydroxylamine groups is 4. The number of nitrogens with two attached hydrogens (primary N) is 1. The summed E-state index contributed by atoms with van der Waals surface area (Å²) in [5.74, 6) is 2.29. The quantitative estimate of drug-likeness (QED) is 0.172. The van der Waals surface area contributed by atoms with E-state index < -0.39 is 0 Å². The first-order valence-electron chi connectivity index (χ1n) is 21.0. The molecule has 1 aromatic rings. The molecule has 2 aliphatic heterocycles. The zero-order chi connectivity index (χ0) is 37.0. The van der Waals surface area contributed by atoms with E-state index in [1.165, 1.54) is 64.2 Å². The third-order valence-corrected chi connectivity index (χ3v) is 12.5. The molecule has 1 aromatic heterocycles. The molecule has 5 rings (SSSR count). The Labute approximate surface area is 311 Å². The minimum absolute atomic E-state index is 0.0890. The molecule has 0 amide bonds. The van der Waals surface area contributed by atoms with Gasteiger partial charge in [-0.25, -0.2) is 0 Å². The molecule has 2 saturated heterocycles. The van der Waals surface area contributed by atoms with Crippen molar-refractivity contribution in [2.75, 3.05) is 16.4 Å². The molecule has 2 aliphatic carbocycles. The molecule has 51 heavy (non-hydrogen) atoms. The van der Waals surface area contributed by atoms with Crippen LogP contribution in [0.1, 0.15) is 185 Å². The van der Waals surface area contributed by atoms with Crippen molar-refractivity contribution >= 4 is 17.8 Å². The van der Waals surface area contributed by atoms with E-state index in [0.29, 0.717) is 35.9 Å². The van der Waals surface area contributed by atoms with E-state index in [4.69, 9.17) is 20.4 Å². The van der Waals surface area contributed by atoms with Crippen molar-refractivity contribution < 1.29 is 9.68 Å². The Morgan fingerprint density at radius 2 is 0.922 bits per heavy atom. The second kappa shape index (κ2) is 16.7. The zero-order valence-electron chi connectivity index (χ0n) is 34.3.